The molecule has 0 saturated heterocycles. The highest BCUT2D eigenvalue weighted by atomic mass is 15.1. The third-order valence-electron chi connectivity index (χ3n) is 5.90. The molecule has 2 aromatic rings. The van der Waals surface area contributed by atoms with Gasteiger partial charge >= 0.3 is 0 Å². The molecule has 0 spiro atoms. The van der Waals surface area contributed by atoms with Gasteiger partial charge in [-0.15, -0.1) is 0 Å². The Hall–Kier alpha value is -1.64. The zero-order chi connectivity index (χ0) is 16.7. The van der Waals surface area contributed by atoms with E-state index in [1.54, 1.807) is 22.3 Å². The quantitative estimate of drug-likeness (QED) is 0.827. The molecule has 2 heteroatoms. The molecule has 0 fully saturated rings. The molecule has 126 valence electrons. The predicted octanol–water partition coefficient (Wildman–Crippen LogP) is 3.78. The molecule has 0 heterocycles. The summed E-state index contributed by atoms with van der Waals surface area (Å²) in [4.78, 5) is 4.80. The van der Waals surface area contributed by atoms with E-state index in [0.29, 0.717) is 11.8 Å². The van der Waals surface area contributed by atoms with Gasteiger partial charge in [0.25, 0.3) is 0 Å². The van der Waals surface area contributed by atoms with E-state index in [9.17, 15) is 0 Å². The number of likely N-dealkylation sites (N-methyl/N-ethyl adjacent to an activating group) is 2. The van der Waals surface area contributed by atoms with Crippen LogP contribution in [-0.2, 0) is 0 Å². The molecular formula is C22H28N2. The summed E-state index contributed by atoms with van der Waals surface area (Å²) in [6.07, 6.45) is 1.30. The predicted molar refractivity (Wildman–Crippen MR) is 101 cm³/mol. The van der Waals surface area contributed by atoms with Crippen molar-refractivity contribution in [2.24, 2.45) is 5.92 Å². The fourth-order valence-electron chi connectivity index (χ4n) is 4.80. The maximum atomic E-state index is 2.52. The lowest BCUT2D eigenvalue weighted by Crippen LogP contribution is -2.40. The van der Waals surface area contributed by atoms with Crippen LogP contribution in [-0.4, -0.2) is 50.6 Å². The summed E-state index contributed by atoms with van der Waals surface area (Å²) in [5.74, 6) is 1.89. The molecular weight excluding hydrogens is 292 g/mol. The fourth-order valence-corrected chi connectivity index (χ4v) is 4.80. The number of rotatable bonds is 5. The van der Waals surface area contributed by atoms with Crippen LogP contribution in [0.5, 0.6) is 0 Å². The van der Waals surface area contributed by atoms with Crippen molar-refractivity contribution < 1.29 is 0 Å². The average molecular weight is 320 g/mol. The van der Waals surface area contributed by atoms with Gasteiger partial charge in [-0.2, -0.15) is 0 Å². The molecule has 0 aromatic heterocycles. The molecule has 1 unspecified atom stereocenters. The van der Waals surface area contributed by atoms with Gasteiger partial charge in [-0.3, -0.25) is 0 Å². The fraction of sp³-hybridized carbons (Fsp3) is 0.455. The Labute approximate surface area is 146 Å². The summed E-state index contributed by atoms with van der Waals surface area (Å²) in [6.45, 7) is 3.46. The Kier molecular flexibility index (Phi) is 4.19. The molecule has 0 N–H and O–H groups in total. The van der Waals surface area contributed by atoms with Crippen molar-refractivity contribution in [3.8, 4) is 0 Å². The topological polar surface area (TPSA) is 6.48 Å². The Morgan fingerprint density at radius 1 is 0.792 bits per heavy atom. The molecule has 0 aliphatic heterocycles. The van der Waals surface area contributed by atoms with Crippen molar-refractivity contribution in [2.45, 2.75) is 18.3 Å². The molecule has 3 aliphatic rings. The Morgan fingerprint density at radius 3 is 1.88 bits per heavy atom. The van der Waals surface area contributed by atoms with E-state index in [4.69, 9.17) is 0 Å². The SMILES string of the molecule is CN(C)CCN(C)CC1CC2c3ccccc3C1c1ccccc12. The maximum Gasteiger partial charge on any atom is 0.0136 e. The minimum Gasteiger partial charge on any atom is -0.308 e. The van der Waals surface area contributed by atoms with E-state index >= 15 is 0 Å². The zero-order valence-corrected chi connectivity index (χ0v) is 15.1. The van der Waals surface area contributed by atoms with Crippen LogP contribution in [0.2, 0.25) is 0 Å². The molecule has 2 aromatic carbocycles. The van der Waals surface area contributed by atoms with Crippen LogP contribution in [0.1, 0.15) is 40.5 Å². The number of hydrogen-bond acceptors (Lipinski definition) is 2. The number of benzene rings is 2. The minimum atomic E-state index is 0.573. The van der Waals surface area contributed by atoms with Gasteiger partial charge in [0.15, 0.2) is 0 Å². The van der Waals surface area contributed by atoms with Crippen molar-refractivity contribution in [1.82, 2.24) is 9.80 Å². The van der Waals surface area contributed by atoms with E-state index in [1.807, 2.05) is 0 Å². The minimum absolute atomic E-state index is 0.573. The molecule has 2 nitrogen and oxygen atoms in total. The van der Waals surface area contributed by atoms with Crippen molar-refractivity contribution >= 4 is 0 Å². The van der Waals surface area contributed by atoms with Gasteiger partial charge in [0.2, 0.25) is 0 Å². The highest BCUT2D eigenvalue weighted by Gasteiger charge is 2.42. The monoisotopic (exact) mass is 320 g/mol. The van der Waals surface area contributed by atoms with Gasteiger partial charge in [-0.25, -0.2) is 0 Å². The van der Waals surface area contributed by atoms with E-state index in [1.165, 1.54) is 13.0 Å². The molecule has 5 rings (SSSR count). The van der Waals surface area contributed by atoms with Crippen LogP contribution < -0.4 is 0 Å². The Bertz CT molecular complexity index is 674. The standard InChI is InChI=1S/C22H28N2/c1-23(2)12-13-24(3)15-16-14-21-17-8-4-6-10-19(17)22(16)20-11-7-5-9-18(20)21/h4-11,16,21-22H,12-15H2,1-3H3. The van der Waals surface area contributed by atoms with Gasteiger partial charge in [0.05, 0.1) is 0 Å². The number of hydrogen-bond donors (Lipinski definition) is 0. The van der Waals surface area contributed by atoms with Crippen LogP contribution >= 0.6 is 0 Å². The van der Waals surface area contributed by atoms with Crippen LogP contribution in [0.25, 0.3) is 0 Å². The summed E-state index contributed by atoms with van der Waals surface area (Å²) in [6, 6.07) is 18.3. The third-order valence-corrected chi connectivity index (χ3v) is 5.90. The van der Waals surface area contributed by atoms with Crippen molar-refractivity contribution in [3.05, 3.63) is 70.8 Å². The van der Waals surface area contributed by atoms with E-state index < -0.39 is 0 Å². The second kappa shape index (κ2) is 6.34. The molecule has 0 saturated carbocycles. The summed E-state index contributed by atoms with van der Waals surface area (Å²) in [7, 11) is 6.59. The van der Waals surface area contributed by atoms with E-state index in [-0.39, 0.29) is 0 Å². The van der Waals surface area contributed by atoms with Crippen LogP contribution in [0, 0.1) is 5.92 Å². The van der Waals surface area contributed by atoms with Crippen LogP contribution in [0.3, 0.4) is 0 Å². The van der Waals surface area contributed by atoms with Crippen molar-refractivity contribution in [3.63, 3.8) is 0 Å². The third kappa shape index (κ3) is 2.68. The first-order chi connectivity index (χ1) is 11.6. The summed E-state index contributed by atoms with van der Waals surface area (Å²) in [5, 5.41) is 0. The Balaban J connectivity index is 1.64. The largest absolute Gasteiger partial charge is 0.308 e. The van der Waals surface area contributed by atoms with E-state index in [0.717, 1.165) is 19.0 Å². The maximum absolute atomic E-state index is 2.52. The van der Waals surface area contributed by atoms with Crippen molar-refractivity contribution in [2.75, 3.05) is 40.8 Å². The molecule has 24 heavy (non-hydrogen) atoms. The first-order valence-corrected chi connectivity index (χ1v) is 9.16. The zero-order valence-electron chi connectivity index (χ0n) is 15.1. The lowest BCUT2D eigenvalue weighted by molar-refractivity contribution is 0.213. The highest BCUT2D eigenvalue weighted by Crippen LogP contribution is 2.55. The molecule has 0 amide bonds. The van der Waals surface area contributed by atoms with Gasteiger partial charge in [-0.1, -0.05) is 48.5 Å². The Morgan fingerprint density at radius 2 is 1.33 bits per heavy atom. The molecule has 3 aliphatic carbocycles. The van der Waals surface area contributed by atoms with Crippen molar-refractivity contribution in [1.29, 1.82) is 0 Å². The first-order valence-electron chi connectivity index (χ1n) is 9.16. The van der Waals surface area contributed by atoms with Crippen LogP contribution in [0.15, 0.2) is 48.5 Å². The first kappa shape index (κ1) is 15.9. The number of fused-ring (bicyclic) bond motifs is 1. The summed E-state index contributed by atoms with van der Waals surface area (Å²) >= 11 is 0. The second-order valence-electron chi connectivity index (χ2n) is 7.85. The lowest BCUT2D eigenvalue weighted by atomic mass is 9.59. The molecule has 1 atom stereocenters. The smallest absolute Gasteiger partial charge is 0.0136 e. The average Bonchev–Trinajstić information content (AvgIpc) is 2.60. The van der Waals surface area contributed by atoms with E-state index in [2.05, 4.69) is 79.5 Å². The lowest BCUT2D eigenvalue weighted by Gasteiger charge is -2.46. The van der Waals surface area contributed by atoms with Gasteiger partial charge in [0.1, 0.15) is 0 Å². The molecule has 0 radical (unpaired) electrons. The summed E-state index contributed by atoms with van der Waals surface area (Å²) in [5.41, 5.74) is 6.32. The van der Waals surface area contributed by atoms with Gasteiger partial charge in [0, 0.05) is 31.5 Å². The molecule has 2 bridgehead atoms. The summed E-state index contributed by atoms with van der Waals surface area (Å²) < 4.78 is 0. The van der Waals surface area contributed by atoms with Gasteiger partial charge < -0.3 is 9.80 Å². The highest BCUT2D eigenvalue weighted by molar-refractivity contribution is 5.55. The number of nitrogens with zero attached hydrogens (tertiary/aromatic N) is 2. The second-order valence-corrected chi connectivity index (χ2v) is 7.85. The van der Waals surface area contributed by atoms with Gasteiger partial charge in [-0.05, 0) is 55.7 Å². The normalized spacial score (nSPS) is 24.3. The van der Waals surface area contributed by atoms with Crippen LogP contribution in [0.4, 0.5) is 0 Å².